The highest BCUT2D eigenvalue weighted by Gasteiger charge is 2.04. The van der Waals surface area contributed by atoms with Crippen LogP contribution in [0.3, 0.4) is 0 Å². The van der Waals surface area contributed by atoms with Gasteiger partial charge in [-0.1, -0.05) is 60.2 Å². The molecule has 0 aliphatic carbocycles. The second kappa shape index (κ2) is 5.15. The molecule has 19 heavy (non-hydrogen) atoms. The number of benzene rings is 2. The van der Waals surface area contributed by atoms with E-state index in [2.05, 4.69) is 61.5 Å². The first-order valence-electron chi connectivity index (χ1n) is 6.50. The molecule has 0 saturated heterocycles. The Bertz CT molecular complexity index is 648. The molecule has 0 spiro atoms. The van der Waals surface area contributed by atoms with Crippen molar-refractivity contribution in [2.75, 3.05) is 0 Å². The number of hydrogen-bond donors (Lipinski definition) is 0. The van der Waals surface area contributed by atoms with Gasteiger partial charge in [0.1, 0.15) is 5.76 Å². The van der Waals surface area contributed by atoms with Crippen LogP contribution in [0.15, 0.2) is 71.3 Å². The van der Waals surface area contributed by atoms with Crippen molar-refractivity contribution in [3.05, 3.63) is 83.8 Å². The van der Waals surface area contributed by atoms with Crippen molar-refractivity contribution in [3.63, 3.8) is 0 Å². The summed E-state index contributed by atoms with van der Waals surface area (Å²) in [5, 5.41) is 0. The molecule has 3 aromatic rings. The number of aryl methyl sites for hydroxylation is 1. The Morgan fingerprint density at radius 1 is 0.842 bits per heavy atom. The minimum Gasteiger partial charge on any atom is -0.468 e. The van der Waals surface area contributed by atoms with Gasteiger partial charge in [0, 0.05) is 12.0 Å². The van der Waals surface area contributed by atoms with E-state index in [0.717, 1.165) is 17.7 Å². The van der Waals surface area contributed by atoms with Gasteiger partial charge in [-0.2, -0.15) is 0 Å². The second-order valence-electron chi connectivity index (χ2n) is 4.83. The lowest BCUT2D eigenvalue weighted by molar-refractivity contribution is 0.521. The van der Waals surface area contributed by atoms with Crippen LogP contribution in [0.25, 0.3) is 11.1 Å². The quantitative estimate of drug-likeness (QED) is 0.646. The van der Waals surface area contributed by atoms with E-state index in [1.165, 1.54) is 16.7 Å². The molecule has 0 amide bonds. The minimum atomic E-state index is 0.840. The lowest BCUT2D eigenvalue weighted by atomic mass is 10.1. The molecule has 3 rings (SSSR count). The standard InChI is InChI=1S/C18H16O/c1-14-7-9-16(10-8-14)17-12-18(19-13-17)11-15-5-3-2-4-6-15/h2-10,12-13H,11H2,1H3. The normalized spacial score (nSPS) is 10.6. The highest BCUT2D eigenvalue weighted by Crippen LogP contribution is 2.23. The van der Waals surface area contributed by atoms with Gasteiger partial charge in [0.05, 0.1) is 6.26 Å². The second-order valence-corrected chi connectivity index (χ2v) is 4.83. The molecule has 0 fully saturated rings. The van der Waals surface area contributed by atoms with E-state index >= 15 is 0 Å². The summed E-state index contributed by atoms with van der Waals surface area (Å²) in [7, 11) is 0. The first-order valence-corrected chi connectivity index (χ1v) is 6.50. The smallest absolute Gasteiger partial charge is 0.108 e. The van der Waals surface area contributed by atoms with Crippen LogP contribution in [0.2, 0.25) is 0 Å². The third kappa shape index (κ3) is 2.76. The zero-order valence-corrected chi connectivity index (χ0v) is 11.0. The van der Waals surface area contributed by atoms with Crippen LogP contribution in [-0.4, -0.2) is 0 Å². The Hall–Kier alpha value is -2.28. The molecule has 1 aromatic heterocycles. The molecule has 0 radical (unpaired) electrons. The van der Waals surface area contributed by atoms with Gasteiger partial charge in [-0.05, 0) is 24.1 Å². The van der Waals surface area contributed by atoms with Gasteiger partial charge in [0.15, 0.2) is 0 Å². The van der Waals surface area contributed by atoms with E-state index in [9.17, 15) is 0 Å². The first kappa shape index (κ1) is 11.8. The van der Waals surface area contributed by atoms with Crippen molar-refractivity contribution in [1.82, 2.24) is 0 Å². The van der Waals surface area contributed by atoms with E-state index in [-0.39, 0.29) is 0 Å². The number of rotatable bonds is 3. The van der Waals surface area contributed by atoms with Crippen molar-refractivity contribution in [2.24, 2.45) is 0 Å². The molecule has 0 bridgehead atoms. The Kier molecular flexibility index (Phi) is 3.20. The maximum Gasteiger partial charge on any atom is 0.108 e. The van der Waals surface area contributed by atoms with Gasteiger partial charge < -0.3 is 4.42 Å². The molecule has 0 saturated carbocycles. The monoisotopic (exact) mass is 248 g/mol. The first-order chi connectivity index (χ1) is 9.31. The van der Waals surface area contributed by atoms with Crippen molar-refractivity contribution in [1.29, 1.82) is 0 Å². The van der Waals surface area contributed by atoms with E-state index < -0.39 is 0 Å². The fourth-order valence-corrected chi connectivity index (χ4v) is 2.17. The fraction of sp³-hybridized carbons (Fsp3) is 0.111. The van der Waals surface area contributed by atoms with E-state index in [1.807, 2.05) is 12.3 Å². The molecule has 0 unspecified atom stereocenters. The average Bonchev–Trinajstić information content (AvgIpc) is 2.89. The van der Waals surface area contributed by atoms with Crippen molar-refractivity contribution >= 4 is 0 Å². The lowest BCUT2D eigenvalue weighted by Crippen LogP contribution is -1.83. The van der Waals surface area contributed by atoms with Crippen LogP contribution in [0.5, 0.6) is 0 Å². The van der Waals surface area contributed by atoms with Gasteiger partial charge in [-0.3, -0.25) is 0 Å². The molecule has 0 aliphatic rings. The zero-order chi connectivity index (χ0) is 13.1. The summed E-state index contributed by atoms with van der Waals surface area (Å²) >= 11 is 0. The maximum absolute atomic E-state index is 5.65. The molecule has 94 valence electrons. The molecular formula is C18H16O. The van der Waals surface area contributed by atoms with Gasteiger partial charge >= 0.3 is 0 Å². The van der Waals surface area contributed by atoms with Crippen LogP contribution in [0.4, 0.5) is 0 Å². The summed E-state index contributed by atoms with van der Waals surface area (Å²) in [6.07, 6.45) is 2.68. The van der Waals surface area contributed by atoms with Gasteiger partial charge in [-0.25, -0.2) is 0 Å². The van der Waals surface area contributed by atoms with E-state index in [1.54, 1.807) is 0 Å². The Morgan fingerprint density at radius 2 is 1.58 bits per heavy atom. The van der Waals surface area contributed by atoms with Gasteiger partial charge in [0.2, 0.25) is 0 Å². The predicted molar refractivity (Wildman–Crippen MR) is 78.1 cm³/mol. The van der Waals surface area contributed by atoms with E-state index in [0.29, 0.717) is 0 Å². The minimum absolute atomic E-state index is 0.840. The topological polar surface area (TPSA) is 13.1 Å². The summed E-state index contributed by atoms with van der Waals surface area (Å²) in [6.45, 7) is 2.10. The Labute approximate surface area is 113 Å². The third-order valence-corrected chi connectivity index (χ3v) is 3.26. The van der Waals surface area contributed by atoms with Crippen LogP contribution < -0.4 is 0 Å². The van der Waals surface area contributed by atoms with Crippen molar-refractivity contribution in [2.45, 2.75) is 13.3 Å². The van der Waals surface area contributed by atoms with Crippen molar-refractivity contribution in [3.8, 4) is 11.1 Å². The zero-order valence-electron chi connectivity index (χ0n) is 11.0. The number of hydrogen-bond acceptors (Lipinski definition) is 1. The maximum atomic E-state index is 5.65. The third-order valence-electron chi connectivity index (χ3n) is 3.26. The summed E-state index contributed by atoms with van der Waals surface area (Å²) in [5.41, 5.74) is 4.89. The molecule has 1 nitrogen and oxygen atoms in total. The predicted octanol–water partition coefficient (Wildman–Crippen LogP) is 4.85. The molecular weight excluding hydrogens is 232 g/mol. The summed E-state index contributed by atoms with van der Waals surface area (Å²) < 4.78 is 5.65. The lowest BCUT2D eigenvalue weighted by Gasteiger charge is -1.97. The largest absolute Gasteiger partial charge is 0.468 e. The van der Waals surface area contributed by atoms with Crippen LogP contribution in [0.1, 0.15) is 16.9 Å². The molecule has 1 heteroatoms. The van der Waals surface area contributed by atoms with E-state index in [4.69, 9.17) is 4.42 Å². The van der Waals surface area contributed by atoms with Crippen molar-refractivity contribution < 1.29 is 4.42 Å². The van der Waals surface area contributed by atoms with Gasteiger partial charge in [-0.15, -0.1) is 0 Å². The molecule has 0 N–H and O–H groups in total. The molecule has 0 aliphatic heterocycles. The average molecular weight is 248 g/mol. The summed E-state index contributed by atoms with van der Waals surface area (Å²) in [6, 6.07) is 21.0. The van der Waals surface area contributed by atoms with Crippen LogP contribution >= 0.6 is 0 Å². The Morgan fingerprint density at radius 3 is 2.32 bits per heavy atom. The van der Waals surface area contributed by atoms with Crippen LogP contribution in [0, 0.1) is 6.92 Å². The highest BCUT2D eigenvalue weighted by atomic mass is 16.3. The highest BCUT2D eigenvalue weighted by molar-refractivity contribution is 5.63. The fourth-order valence-electron chi connectivity index (χ4n) is 2.17. The molecule has 1 heterocycles. The molecule has 2 aromatic carbocycles. The molecule has 0 atom stereocenters. The SMILES string of the molecule is Cc1ccc(-c2coc(Cc3ccccc3)c2)cc1. The van der Waals surface area contributed by atoms with Gasteiger partial charge in [0.25, 0.3) is 0 Å². The Balaban J connectivity index is 1.82. The van der Waals surface area contributed by atoms with Crippen LogP contribution in [-0.2, 0) is 6.42 Å². The summed E-state index contributed by atoms with van der Waals surface area (Å²) in [5.74, 6) is 1.00. The summed E-state index contributed by atoms with van der Waals surface area (Å²) in [4.78, 5) is 0. The number of furan rings is 1.